The summed E-state index contributed by atoms with van der Waals surface area (Å²) in [5.41, 5.74) is 5.82. The van der Waals surface area contributed by atoms with E-state index in [0.717, 1.165) is 0 Å². The molecule has 13 nitrogen and oxygen atoms in total. The molecule has 188 valence electrons. The highest BCUT2D eigenvalue weighted by molar-refractivity contribution is 5.94. The first-order chi connectivity index (χ1) is 15.1. The number of amides is 3. The van der Waals surface area contributed by atoms with Gasteiger partial charge in [0.05, 0.1) is 12.5 Å². The molecule has 0 saturated carbocycles. The SMILES string of the molecule is CC(C)CC(NC(=O)C(N)C(C)C)C(=O)NC(CCC(=O)O)C(=O)NC(CC(=O)O)C(=O)O. The van der Waals surface area contributed by atoms with Crippen molar-refractivity contribution >= 4 is 35.6 Å². The normalized spacial score (nSPS) is 14.6. The van der Waals surface area contributed by atoms with Gasteiger partial charge in [-0.15, -0.1) is 0 Å². The van der Waals surface area contributed by atoms with Crippen LogP contribution < -0.4 is 21.7 Å². The molecule has 33 heavy (non-hydrogen) atoms. The van der Waals surface area contributed by atoms with Gasteiger partial charge in [0.25, 0.3) is 0 Å². The second kappa shape index (κ2) is 14.0. The van der Waals surface area contributed by atoms with Crippen LogP contribution in [0.2, 0.25) is 0 Å². The van der Waals surface area contributed by atoms with Gasteiger partial charge < -0.3 is 37.0 Å². The maximum absolute atomic E-state index is 12.9. The maximum atomic E-state index is 12.9. The van der Waals surface area contributed by atoms with Crippen molar-refractivity contribution in [2.75, 3.05) is 0 Å². The van der Waals surface area contributed by atoms with E-state index in [4.69, 9.17) is 21.1 Å². The number of nitrogens with one attached hydrogen (secondary N) is 3. The summed E-state index contributed by atoms with van der Waals surface area (Å²) in [5.74, 6) is -7.03. The van der Waals surface area contributed by atoms with E-state index in [9.17, 15) is 28.8 Å². The first-order valence-corrected chi connectivity index (χ1v) is 10.5. The third kappa shape index (κ3) is 11.8. The van der Waals surface area contributed by atoms with Crippen molar-refractivity contribution in [3.05, 3.63) is 0 Å². The Morgan fingerprint density at radius 2 is 1.21 bits per heavy atom. The molecule has 0 radical (unpaired) electrons. The third-order valence-electron chi connectivity index (χ3n) is 4.63. The molecule has 0 aliphatic rings. The Labute approximate surface area is 191 Å². The summed E-state index contributed by atoms with van der Waals surface area (Å²) < 4.78 is 0. The van der Waals surface area contributed by atoms with E-state index in [1.165, 1.54) is 0 Å². The molecule has 0 aliphatic carbocycles. The highest BCUT2D eigenvalue weighted by Crippen LogP contribution is 2.09. The van der Waals surface area contributed by atoms with Gasteiger partial charge in [0.2, 0.25) is 17.7 Å². The average Bonchev–Trinajstić information content (AvgIpc) is 2.67. The van der Waals surface area contributed by atoms with Crippen LogP contribution in [0.4, 0.5) is 0 Å². The Kier molecular flexibility index (Phi) is 12.7. The molecule has 3 amide bonds. The molecule has 4 unspecified atom stereocenters. The first-order valence-electron chi connectivity index (χ1n) is 10.5. The topological polar surface area (TPSA) is 225 Å². The largest absolute Gasteiger partial charge is 0.481 e. The van der Waals surface area contributed by atoms with Crippen LogP contribution in [0, 0.1) is 11.8 Å². The lowest BCUT2D eigenvalue weighted by Gasteiger charge is -2.26. The van der Waals surface area contributed by atoms with E-state index < -0.39 is 72.6 Å². The van der Waals surface area contributed by atoms with E-state index in [1.807, 2.05) is 5.32 Å². The predicted molar refractivity (Wildman–Crippen MR) is 115 cm³/mol. The molecule has 0 bridgehead atoms. The van der Waals surface area contributed by atoms with Crippen molar-refractivity contribution in [2.45, 2.75) is 77.5 Å². The summed E-state index contributed by atoms with van der Waals surface area (Å²) in [7, 11) is 0. The standard InChI is InChI=1S/C20H34N4O9/c1-9(2)7-12(23-19(31)16(21)10(3)4)18(30)22-11(5-6-14(25)26)17(29)24-13(20(32)33)8-15(27)28/h9-13,16H,5-8,21H2,1-4H3,(H,22,30)(H,23,31)(H,24,29)(H,25,26)(H,27,28)(H,32,33). The van der Waals surface area contributed by atoms with Crippen molar-refractivity contribution in [3.63, 3.8) is 0 Å². The monoisotopic (exact) mass is 474 g/mol. The molecular weight excluding hydrogens is 440 g/mol. The lowest BCUT2D eigenvalue weighted by atomic mass is 10.00. The van der Waals surface area contributed by atoms with E-state index in [-0.39, 0.29) is 24.7 Å². The fourth-order valence-electron chi connectivity index (χ4n) is 2.73. The minimum atomic E-state index is -1.78. The van der Waals surface area contributed by atoms with E-state index in [2.05, 4.69) is 10.6 Å². The zero-order valence-electron chi connectivity index (χ0n) is 19.2. The van der Waals surface area contributed by atoms with Gasteiger partial charge in [-0.1, -0.05) is 27.7 Å². The molecule has 0 aromatic rings. The molecule has 0 aromatic heterocycles. The second-order valence-electron chi connectivity index (χ2n) is 8.45. The molecule has 0 heterocycles. The highest BCUT2D eigenvalue weighted by atomic mass is 16.4. The number of carbonyl (C=O) groups excluding carboxylic acids is 3. The molecule has 13 heteroatoms. The molecule has 0 fully saturated rings. The maximum Gasteiger partial charge on any atom is 0.326 e. The second-order valence-corrected chi connectivity index (χ2v) is 8.45. The Hall–Kier alpha value is -3.22. The van der Waals surface area contributed by atoms with Gasteiger partial charge in [0.15, 0.2) is 0 Å². The fraction of sp³-hybridized carbons (Fsp3) is 0.700. The minimum absolute atomic E-state index is 0.0467. The van der Waals surface area contributed by atoms with E-state index in [1.54, 1.807) is 27.7 Å². The quantitative estimate of drug-likeness (QED) is 0.151. The predicted octanol–water partition coefficient (Wildman–Crippen LogP) is -1.11. The van der Waals surface area contributed by atoms with Crippen molar-refractivity contribution in [2.24, 2.45) is 17.6 Å². The van der Waals surface area contributed by atoms with Gasteiger partial charge in [-0.05, 0) is 24.7 Å². The van der Waals surface area contributed by atoms with Crippen LogP contribution in [0.3, 0.4) is 0 Å². The summed E-state index contributed by atoms with van der Waals surface area (Å²) >= 11 is 0. The summed E-state index contributed by atoms with van der Waals surface area (Å²) in [6.45, 7) is 7.05. The number of carboxylic acid groups (broad SMARTS) is 3. The number of rotatable bonds is 15. The number of hydrogen-bond acceptors (Lipinski definition) is 7. The van der Waals surface area contributed by atoms with Gasteiger partial charge in [0.1, 0.15) is 18.1 Å². The van der Waals surface area contributed by atoms with Crippen LogP contribution in [-0.2, 0) is 28.8 Å². The molecule has 0 aliphatic heterocycles. The number of nitrogens with two attached hydrogens (primary N) is 1. The van der Waals surface area contributed by atoms with Crippen LogP contribution in [-0.4, -0.2) is 75.1 Å². The zero-order chi connectivity index (χ0) is 25.9. The summed E-state index contributed by atoms with van der Waals surface area (Å²) in [6, 6.07) is -5.23. The van der Waals surface area contributed by atoms with Crippen molar-refractivity contribution in [1.82, 2.24) is 16.0 Å². The average molecular weight is 475 g/mol. The number of carboxylic acids is 3. The summed E-state index contributed by atoms with van der Waals surface area (Å²) in [5, 5.41) is 33.7. The Morgan fingerprint density at radius 3 is 1.64 bits per heavy atom. The van der Waals surface area contributed by atoms with Crippen LogP contribution >= 0.6 is 0 Å². The third-order valence-corrected chi connectivity index (χ3v) is 4.63. The Morgan fingerprint density at radius 1 is 0.727 bits per heavy atom. The van der Waals surface area contributed by atoms with Crippen LogP contribution in [0.15, 0.2) is 0 Å². The highest BCUT2D eigenvalue weighted by Gasteiger charge is 2.32. The lowest BCUT2D eigenvalue weighted by Crippen LogP contribution is -2.58. The van der Waals surface area contributed by atoms with Crippen molar-refractivity contribution < 1.29 is 44.1 Å². The molecule has 8 N–H and O–H groups in total. The molecule has 4 atom stereocenters. The fourth-order valence-corrected chi connectivity index (χ4v) is 2.73. The van der Waals surface area contributed by atoms with Gasteiger partial charge in [-0.25, -0.2) is 4.79 Å². The molecule has 0 aromatic carbocycles. The lowest BCUT2D eigenvalue weighted by molar-refractivity contribution is -0.147. The summed E-state index contributed by atoms with van der Waals surface area (Å²) in [6.07, 6.45) is -1.65. The number of carbonyl (C=O) groups is 6. The van der Waals surface area contributed by atoms with Gasteiger partial charge in [-0.2, -0.15) is 0 Å². The van der Waals surface area contributed by atoms with Crippen molar-refractivity contribution in [1.29, 1.82) is 0 Å². The molecule has 0 rings (SSSR count). The van der Waals surface area contributed by atoms with Crippen LogP contribution in [0.5, 0.6) is 0 Å². The zero-order valence-corrected chi connectivity index (χ0v) is 19.2. The number of aliphatic carboxylic acids is 3. The van der Waals surface area contributed by atoms with Crippen LogP contribution in [0.1, 0.15) is 53.4 Å². The van der Waals surface area contributed by atoms with E-state index >= 15 is 0 Å². The Balaban J connectivity index is 5.61. The first kappa shape index (κ1) is 29.8. The minimum Gasteiger partial charge on any atom is -0.481 e. The van der Waals surface area contributed by atoms with Crippen molar-refractivity contribution in [3.8, 4) is 0 Å². The molecule has 0 saturated heterocycles. The molecular formula is C20H34N4O9. The van der Waals surface area contributed by atoms with E-state index in [0.29, 0.717) is 0 Å². The van der Waals surface area contributed by atoms with Gasteiger partial charge in [0, 0.05) is 6.42 Å². The molecule has 0 spiro atoms. The smallest absolute Gasteiger partial charge is 0.326 e. The van der Waals surface area contributed by atoms with Gasteiger partial charge in [-0.3, -0.25) is 24.0 Å². The summed E-state index contributed by atoms with van der Waals surface area (Å²) in [4.78, 5) is 70.8. The number of hydrogen-bond donors (Lipinski definition) is 7. The van der Waals surface area contributed by atoms with Crippen LogP contribution in [0.25, 0.3) is 0 Å². The Bertz CT molecular complexity index is 739. The van der Waals surface area contributed by atoms with Gasteiger partial charge >= 0.3 is 17.9 Å².